The fraction of sp³-hybridized carbons (Fsp3) is 0.500. The Morgan fingerprint density at radius 3 is 2.35 bits per heavy atom. The van der Waals surface area contributed by atoms with Crippen molar-refractivity contribution in [2.24, 2.45) is 0 Å². The molecule has 0 aromatic heterocycles. The van der Waals surface area contributed by atoms with Crippen LogP contribution in [0.2, 0.25) is 0 Å². The monoisotopic (exact) mass is 290 g/mol. The molecule has 1 aliphatic carbocycles. The highest BCUT2D eigenvalue weighted by Crippen LogP contribution is 2.45. The summed E-state index contributed by atoms with van der Waals surface area (Å²) in [6.45, 7) is 9.23. The minimum absolute atomic E-state index is 0.0416. The summed E-state index contributed by atoms with van der Waals surface area (Å²) in [7, 11) is 0. The van der Waals surface area contributed by atoms with Gasteiger partial charge in [-0.15, -0.1) is 11.6 Å². The highest BCUT2D eigenvalue weighted by atomic mass is 35.5. The molecule has 0 amide bonds. The number of halogens is 1. The van der Waals surface area contributed by atoms with Gasteiger partial charge in [0.15, 0.2) is 5.78 Å². The molecule has 20 heavy (non-hydrogen) atoms. The molecule has 0 unspecified atom stereocenters. The van der Waals surface area contributed by atoms with Gasteiger partial charge in [-0.2, -0.15) is 0 Å². The summed E-state index contributed by atoms with van der Waals surface area (Å²) in [5.41, 5.74) is 4.36. The normalized spacial score (nSPS) is 19.9. The van der Waals surface area contributed by atoms with Crippen LogP contribution >= 0.6 is 11.6 Å². The Kier molecular flexibility index (Phi) is 4.11. The molecule has 0 heterocycles. The van der Waals surface area contributed by atoms with Gasteiger partial charge in [0, 0.05) is 0 Å². The van der Waals surface area contributed by atoms with E-state index in [-0.39, 0.29) is 22.5 Å². The van der Waals surface area contributed by atoms with Crippen molar-refractivity contribution in [3.63, 3.8) is 0 Å². The Bertz CT molecular complexity index is 553. The Morgan fingerprint density at radius 2 is 1.75 bits per heavy atom. The van der Waals surface area contributed by atoms with Crippen LogP contribution in [0.3, 0.4) is 0 Å². The number of alkyl halides is 1. The van der Waals surface area contributed by atoms with E-state index in [1.165, 1.54) is 24.0 Å². The van der Waals surface area contributed by atoms with Crippen LogP contribution in [0.1, 0.15) is 57.2 Å². The van der Waals surface area contributed by atoms with E-state index in [1.807, 2.05) is 6.08 Å². The SMILES string of the molecule is CC1(C)CCC(C)(C)c2cc(/C=C/C(=O)CCl)ccc21. The molecule has 1 nitrogen and oxygen atoms in total. The maximum atomic E-state index is 11.3. The first kappa shape index (κ1) is 15.3. The average Bonchev–Trinajstić information content (AvgIpc) is 2.41. The van der Waals surface area contributed by atoms with Crippen molar-refractivity contribution in [2.45, 2.75) is 51.4 Å². The van der Waals surface area contributed by atoms with E-state index in [0.29, 0.717) is 0 Å². The molecule has 0 radical (unpaired) electrons. The number of rotatable bonds is 3. The summed E-state index contributed by atoms with van der Waals surface area (Å²) in [4.78, 5) is 11.3. The molecule has 2 rings (SSSR count). The highest BCUT2D eigenvalue weighted by molar-refractivity contribution is 6.29. The fourth-order valence-corrected chi connectivity index (χ4v) is 3.03. The first-order valence-corrected chi connectivity index (χ1v) is 7.72. The lowest BCUT2D eigenvalue weighted by molar-refractivity contribution is -0.112. The van der Waals surface area contributed by atoms with E-state index in [4.69, 9.17) is 11.6 Å². The molecule has 0 N–H and O–H groups in total. The fourth-order valence-electron chi connectivity index (χ4n) is 2.94. The van der Waals surface area contributed by atoms with Crippen LogP contribution in [-0.4, -0.2) is 11.7 Å². The van der Waals surface area contributed by atoms with Gasteiger partial charge >= 0.3 is 0 Å². The van der Waals surface area contributed by atoms with Crippen LogP contribution < -0.4 is 0 Å². The Morgan fingerprint density at radius 1 is 1.15 bits per heavy atom. The van der Waals surface area contributed by atoms with Crippen LogP contribution in [0.4, 0.5) is 0 Å². The van der Waals surface area contributed by atoms with Crippen molar-refractivity contribution >= 4 is 23.5 Å². The molecule has 0 fully saturated rings. The molecule has 0 bridgehead atoms. The molecule has 0 aliphatic heterocycles. The van der Waals surface area contributed by atoms with Crippen molar-refractivity contribution in [2.75, 3.05) is 5.88 Å². The molecule has 0 atom stereocenters. The van der Waals surface area contributed by atoms with Gasteiger partial charge in [0.05, 0.1) is 5.88 Å². The third kappa shape index (κ3) is 2.98. The Balaban J connectivity index is 2.43. The van der Waals surface area contributed by atoms with E-state index in [2.05, 4.69) is 45.9 Å². The average molecular weight is 291 g/mol. The van der Waals surface area contributed by atoms with Gasteiger partial charge in [0.25, 0.3) is 0 Å². The van der Waals surface area contributed by atoms with Crippen LogP contribution in [0.5, 0.6) is 0 Å². The van der Waals surface area contributed by atoms with Crippen molar-refractivity contribution in [1.29, 1.82) is 0 Å². The Hall–Kier alpha value is -1.08. The van der Waals surface area contributed by atoms with Gasteiger partial charge in [-0.05, 0) is 46.4 Å². The number of hydrogen-bond donors (Lipinski definition) is 0. The van der Waals surface area contributed by atoms with Crippen LogP contribution in [0, 0.1) is 0 Å². The topological polar surface area (TPSA) is 17.1 Å². The quantitative estimate of drug-likeness (QED) is 0.574. The van der Waals surface area contributed by atoms with Crippen molar-refractivity contribution < 1.29 is 4.79 Å². The van der Waals surface area contributed by atoms with Gasteiger partial charge in [-0.25, -0.2) is 0 Å². The summed E-state index contributed by atoms with van der Waals surface area (Å²) in [6.07, 6.45) is 5.84. The molecule has 0 spiro atoms. The third-order valence-electron chi connectivity index (χ3n) is 4.47. The molecular weight excluding hydrogens is 268 g/mol. The second kappa shape index (κ2) is 5.37. The minimum atomic E-state index is -0.0519. The smallest absolute Gasteiger partial charge is 0.170 e. The zero-order valence-electron chi connectivity index (χ0n) is 12.8. The van der Waals surface area contributed by atoms with Gasteiger partial charge in [0.2, 0.25) is 0 Å². The van der Waals surface area contributed by atoms with E-state index in [9.17, 15) is 4.79 Å². The van der Waals surface area contributed by atoms with Crippen molar-refractivity contribution in [3.8, 4) is 0 Å². The number of ketones is 1. The maximum Gasteiger partial charge on any atom is 0.170 e. The molecule has 2 heteroatoms. The molecule has 1 aromatic carbocycles. The first-order valence-electron chi connectivity index (χ1n) is 7.18. The number of carbonyl (C=O) groups is 1. The first-order chi connectivity index (χ1) is 9.26. The number of fused-ring (bicyclic) bond motifs is 1. The second-order valence-electron chi connectivity index (χ2n) is 7.01. The summed E-state index contributed by atoms with van der Waals surface area (Å²) in [5, 5.41) is 0. The van der Waals surface area contributed by atoms with E-state index in [0.717, 1.165) is 5.56 Å². The minimum Gasteiger partial charge on any atom is -0.294 e. The predicted molar refractivity (Wildman–Crippen MR) is 86.5 cm³/mol. The zero-order chi connectivity index (χ0) is 15.0. The van der Waals surface area contributed by atoms with Crippen LogP contribution in [-0.2, 0) is 15.6 Å². The lowest BCUT2D eigenvalue weighted by Crippen LogP contribution is -2.33. The zero-order valence-corrected chi connectivity index (χ0v) is 13.6. The molecule has 0 saturated heterocycles. The summed E-state index contributed by atoms with van der Waals surface area (Å²) >= 11 is 5.52. The molecular formula is C18H23ClO. The standard InChI is InChI=1S/C18H23ClO/c1-17(2)9-10-18(3,4)16-11-13(6-8-15(16)17)5-7-14(20)12-19/h5-8,11H,9-10,12H2,1-4H3/b7-5+. The van der Waals surface area contributed by atoms with Crippen LogP contribution in [0.15, 0.2) is 24.3 Å². The Labute approximate surface area is 127 Å². The van der Waals surface area contributed by atoms with Gasteiger partial charge in [0.1, 0.15) is 0 Å². The molecule has 1 aliphatic rings. The van der Waals surface area contributed by atoms with Gasteiger partial charge < -0.3 is 0 Å². The lowest BCUT2D eigenvalue weighted by atomic mass is 9.63. The molecule has 108 valence electrons. The molecule has 1 aromatic rings. The van der Waals surface area contributed by atoms with Gasteiger partial charge in [-0.1, -0.05) is 52.0 Å². The van der Waals surface area contributed by atoms with Gasteiger partial charge in [-0.3, -0.25) is 4.79 Å². The maximum absolute atomic E-state index is 11.3. The second-order valence-corrected chi connectivity index (χ2v) is 7.27. The number of carbonyl (C=O) groups excluding carboxylic acids is 1. The van der Waals surface area contributed by atoms with Crippen molar-refractivity contribution in [1.82, 2.24) is 0 Å². The summed E-state index contributed by atoms with van der Waals surface area (Å²) in [5.74, 6) is -0.0102. The van der Waals surface area contributed by atoms with E-state index >= 15 is 0 Å². The summed E-state index contributed by atoms with van der Waals surface area (Å²) in [6, 6.07) is 6.55. The largest absolute Gasteiger partial charge is 0.294 e. The number of benzene rings is 1. The van der Waals surface area contributed by atoms with E-state index < -0.39 is 0 Å². The third-order valence-corrected chi connectivity index (χ3v) is 4.73. The summed E-state index contributed by atoms with van der Waals surface area (Å²) < 4.78 is 0. The van der Waals surface area contributed by atoms with Crippen LogP contribution in [0.25, 0.3) is 6.08 Å². The van der Waals surface area contributed by atoms with Crippen molar-refractivity contribution in [3.05, 3.63) is 41.0 Å². The molecule has 0 saturated carbocycles. The predicted octanol–water partition coefficient (Wildman–Crippen LogP) is 4.86. The lowest BCUT2D eigenvalue weighted by Gasteiger charge is -2.42. The van der Waals surface area contributed by atoms with E-state index in [1.54, 1.807) is 6.08 Å². The highest BCUT2D eigenvalue weighted by Gasteiger charge is 2.36. The number of hydrogen-bond acceptors (Lipinski definition) is 1. The number of allylic oxidation sites excluding steroid dienone is 1.